The van der Waals surface area contributed by atoms with Gasteiger partial charge in [-0.3, -0.25) is 0 Å². The molecule has 0 atom stereocenters. The lowest BCUT2D eigenvalue weighted by atomic mass is 9.98. The molecule has 2 heteroatoms. The zero-order valence-corrected chi connectivity index (χ0v) is 9.81. The number of aryl methyl sites for hydroxylation is 2. The zero-order chi connectivity index (χ0) is 10.9. The molecule has 0 heterocycles. The van der Waals surface area contributed by atoms with E-state index in [1.165, 1.54) is 27.9 Å². The number of rotatable bonds is 2. The SMILES string of the molecule is Cc1cc(C)c(C)c(N(C)CN)c1C. The van der Waals surface area contributed by atoms with Crippen LogP contribution in [0.2, 0.25) is 0 Å². The maximum atomic E-state index is 5.67. The second-order valence-corrected chi connectivity index (χ2v) is 3.99. The van der Waals surface area contributed by atoms with Crippen molar-refractivity contribution in [2.24, 2.45) is 5.73 Å². The van der Waals surface area contributed by atoms with Gasteiger partial charge < -0.3 is 10.6 Å². The Morgan fingerprint density at radius 1 is 1.07 bits per heavy atom. The third kappa shape index (κ3) is 1.75. The Hall–Kier alpha value is -1.02. The summed E-state index contributed by atoms with van der Waals surface area (Å²) in [7, 11) is 2.04. The zero-order valence-electron chi connectivity index (χ0n) is 9.81. The van der Waals surface area contributed by atoms with Crippen LogP contribution in [0, 0.1) is 27.7 Å². The molecule has 0 fully saturated rings. The molecular weight excluding hydrogens is 172 g/mol. The Balaban J connectivity index is 3.39. The lowest BCUT2D eigenvalue weighted by Gasteiger charge is -2.24. The van der Waals surface area contributed by atoms with Crippen molar-refractivity contribution < 1.29 is 0 Å². The molecule has 14 heavy (non-hydrogen) atoms. The van der Waals surface area contributed by atoms with Gasteiger partial charge in [-0.1, -0.05) is 6.07 Å². The highest BCUT2D eigenvalue weighted by atomic mass is 15.2. The summed E-state index contributed by atoms with van der Waals surface area (Å²) in [5.41, 5.74) is 12.3. The minimum atomic E-state index is 0.560. The Morgan fingerprint density at radius 3 is 1.86 bits per heavy atom. The molecule has 0 unspecified atom stereocenters. The number of nitrogens with zero attached hydrogens (tertiary/aromatic N) is 1. The average Bonchev–Trinajstić information content (AvgIpc) is 2.15. The lowest BCUT2D eigenvalue weighted by molar-refractivity contribution is 0.917. The summed E-state index contributed by atoms with van der Waals surface area (Å²) in [5, 5.41) is 0. The van der Waals surface area contributed by atoms with Crippen molar-refractivity contribution in [2.75, 3.05) is 18.6 Å². The van der Waals surface area contributed by atoms with Gasteiger partial charge in [0.25, 0.3) is 0 Å². The number of anilines is 1. The van der Waals surface area contributed by atoms with Crippen LogP contribution < -0.4 is 10.6 Å². The van der Waals surface area contributed by atoms with E-state index >= 15 is 0 Å². The minimum absolute atomic E-state index is 0.560. The van der Waals surface area contributed by atoms with E-state index in [9.17, 15) is 0 Å². The van der Waals surface area contributed by atoms with E-state index in [1.54, 1.807) is 0 Å². The third-order valence-electron chi connectivity index (χ3n) is 2.98. The summed E-state index contributed by atoms with van der Waals surface area (Å²) < 4.78 is 0. The van der Waals surface area contributed by atoms with Crippen LogP contribution in [-0.2, 0) is 0 Å². The molecule has 0 saturated heterocycles. The maximum absolute atomic E-state index is 5.67. The predicted octanol–water partition coefficient (Wildman–Crippen LogP) is 2.27. The molecule has 1 rings (SSSR count). The van der Waals surface area contributed by atoms with Crippen molar-refractivity contribution >= 4 is 5.69 Å². The van der Waals surface area contributed by atoms with Gasteiger partial charge in [0.15, 0.2) is 0 Å². The summed E-state index contributed by atoms with van der Waals surface area (Å²) in [6.45, 7) is 9.17. The molecule has 0 bridgehead atoms. The number of hydrogen-bond donors (Lipinski definition) is 1. The van der Waals surface area contributed by atoms with Gasteiger partial charge in [0.1, 0.15) is 0 Å². The van der Waals surface area contributed by atoms with Gasteiger partial charge >= 0.3 is 0 Å². The summed E-state index contributed by atoms with van der Waals surface area (Å²) >= 11 is 0. The van der Waals surface area contributed by atoms with Crippen LogP contribution in [0.3, 0.4) is 0 Å². The van der Waals surface area contributed by atoms with Crippen LogP contribution in [0.4, 0.5) is 5.69 Å². The molecule has 78 valence electrons. The van der Waals surface area contributed by atoms with Crippen molar-refractivity contribution in [3.05, 3.63) is 28.3 Å². The molecular formula is C12H20N2. The van der Waals surface area contributed by atoms with Gasteiger partial charge in [-0.25, -0.2) is 0 Å². The van der Waals surface area contributed by atoms with Gasteiger partial charge in [0.2, 0.25) is 0 Å². The predicted molar refractivity (Wildman–Crippen MR) is 62.8 cm³/mol. The maximum Gasteiger partial charge on any atom is 0.0653 e. The van der Waals surface area contributed by atoms with Crippen LogP contribution in [0.15, 0.2) is 6.07 Å². The van der Waals surface area contributed by atoms with Gasteiger partial charge in [-0.05, 0) is 49.9 Å². The second-order valence-electron chi connectivity index (χ2n) is 3.99. The molecule has 0 aromatic heterocycles. The van der Waals surface area contributed by atoms with E-state index in [0.29, 0.717) is 6.67 Å². The molecule has 1 aromatic rings. The first-order valence-corrected chi connectivity index (χ1v) is 4.97. The van der Waals surface area contributed by atoms with E-state index in [1.807, 2.05) is 7.05 Å². The highest BCUT2D eigenvalue weighted by molar-refractivity contribution is 5.63. The quantitative estimate of drug-likeness (QED) is 0.728. The van der Waals surface area contributed by atoms with Crippen molar-refractivity contribution in [3.63, 3.8) is 0 Å². The Morgan fingerprint density at radius 2 is 1.50 bits per heavy atom. The fraction of sp³-hybridized carbons (Fsp3) is 0.500. The topological polar surface area (TPSA) is 29.3 Å². The Kier molecular flexibility index (Phi) is 3.17. The summed E-state index contributed by atoms with van der Waals surface area (Å²) in [6.07, 6.45) is 0. The summed E-state index contributed by atoms with van der Waals surface area (Å²) in [6, 6.07) is 2.23. The second kappa shape index (κ2) is 4.01. The standard InChI is InChI=1S/C12H20N2/c1-8-6-9(2)11(4)12(10(8)3)14(5)7-13/h6H,7,13H2,1-5H3. The molecule has 0 aliphatic carbocycles. The van der Waals surface area contributed by atoms with Crippen LogP contribution in [0.25, 0.3) is 0 Å². The van der Waals surface area contributed by atoms with Crippen LogP contribution in [0.5, 0.6) is 0 Å². The first kappa shape index (κ1) is 11.1. The summed E-state index contributed by atoms with van der Waals surface area (Å²) in [4.78, 5) is 2.10. The third-order valence-corrected chi connectivity index (χ3v) is 2.98. The van der Waals surface area contributed by atoms with Crippen molar-refractivity contribution in [3.8, 4) is 0 Å². The van der Waals surface area contributed by atoms with Gasteiger partial charge in [0, 0.05) is 12.7 Å². The molecule has 0 aliphatic rings. The van der Waals surface area contributed by atoms with Gasteiger partial charge in [-0.15, -0.1) is 0 Å². The fourth-order valence-corrected chi connectivity index (χ4v) is 1.86. The molecule has 0 amide bonds. The minimum Gasteiger partial charge on any atom is -0.362 e. The Labute approximate surface area is 86.7 Å². The largest absolute Gasteiger partial charge is 0.362 e. The van der Waals surface area contributed by atoms with Crippen molar-refractivity contribution in [1.29, 1.82) is 0 Å². The van der Waals surface area contributed by atoms with E-state index in [0.717, 1.165) is 0 Å². The van der Waals surface area contributed by atoms with Crippen molar-refractivity contribution in [1.82, 2.24) is 0 Å². The first-order valence-electron chi connectivity index (χ1n) is 4.97. The molecule has 2 N–H and O–H groups in total. The summed E-state index contributed by atoms with van der Waals surface area (Å²) in [5.74, 6) is 0. The molecule has 0 saturated carbocycles. The molecule has 0 radical (unpaired) electrons. The lowest BCUT2D eigenvalue weighted by Crippen LogP contribution is -2.27. The molecule has 0 aliphatic heterocycles. The molecule has 0 spiro atoms. The number of benzene rings is 1. The van der Waals surface area contributed by atoms with Gasteiger partial charge in [0.05, 0.1) is 6.67 Å². The van der Waals surface area contributed by atoms with Gasteiger partial charge in [-0.2, -0.15) is 0 Å². The monoisotopic (exact) mass is 192 g/mol. The van der Waals surface area contributed by atoms with E-state index in [4.69, 9.17) is 5.73 Å². The first-order chi connectivity index (χ1) is 6.49. The molecule has 2 nitrogen and oxygen atoms in total. The molecule has 1 aromatic carbocycles. The Bertz CT molecular complexity index is 316. The van der Waals surface area contributed by atoms with Crippen molar-refractivity contribution in [2.45, 2.75) is 27.7 Å². The fourth-order valence-electron chi connectivity index (χ4n) is 1.86. The van der Waals surface area contributed by atoms with E-state index in [2.05, 4.69) is 38.7 Å². The number of hydrogen-bond acceptors (Lipinski definition) is 2. The smallest absolute Gasteiger partial charge is 0.0653 e. The highest BCUT2D eigenvalue weighted by Crippen LogP contribution is 2.28. The number of nitrogens with two attached hydrogens (primary N) is 1. The normalized spacial score (nSPS) is 10.4. The van der Waals surface area contributed by atoms with Crippen LogP contribution >= 0.6 is 0 Å². The highest BCUT2D eigenvalue weighted by Gasteiger charge is 2.10. The van der Waals surface area contributed by atoms with Crippen LogP contribution in [-0.4, -0.2) is 13.7 Å². The van der Waals surface area contributed by atoms with E-state index < -0.39 is 0 Å². The van der Waals surface area contributed by atoms with Crippen LogP contribution in [0.1, 0.15) is 22.3 Å². The van der Waals surface area contributed by atoms with E-state index in [-0.39, 0.29) is 0 Å². The average molecular weight is 192 g/mol.